The highest BCUT2D eigenvalue weighted by Crippen LogP contribution is 2.24. The molecule has 0 spiro atoms. The number of hydrogen-bond acceptors (Lipinski definition) is 2. The van der Waals surface area contributed by atoms with Crippen molar-refractivity contribution in [2.75, 3.05) is 13.1 Å². The summed E-state index contributed by atoms with van der Waals surface area (Å²) in [5, 5.41) is 3.25. The summed E-state index contributed by atoms with van der Waals surface area (Å²) in [6.07, 6.45) is 3.05. The van der Waals surface area contributed by atoms with Gasteiger partial charge >= 0.3 is 6.03 Å². The SMILES string of the molecule is NC(=O)N[C@@H](CC(=O)N1CC=C(c2ccccc2)CC1)c1ccc(Cl)cc1. The van der Waals surface area contributed by atoms with Crippen LogP contribution in [0.5, 0.6) is 0 Å². The number of nitrogens with two attached hydrogens (primary N) is 1. The fraction of sp³-hybridized carbons (Fsp3) is 0.238. The van der Waals surface area contributed by atoms with Gasteiger partial charge in [-0.25, -0.2) is 4.79 Å². The predicted molar refractivity (Wildman–Crippen MR) is 107 cm³/mol. The summed E-state index contributed by atoms with van der Waals surface area (Å²) in [7, 11) is 0. The van der Waals surface area contributed by atoms with E-state index >= 15 is 0 Å². The van der Waals surface area contributed by atoms with E-state index in [0.717, 1.165) is 12.0 Å². The molecule has 0 radical (unpaired) electrons. The van der Waals surface area contributed by atoms with Gasteiger partial charge in [-0.15, -0.1) is 0 Å². The fourth-order valence-electron chi connectivity index (χ4n) is 3.23. The molecule has 0 saturated heterocycles. The minimum absolute atomic E-state index is 0.0212. The lowest BCUT2D eigenvalue weighted by atomic mass is 9.98. The average molecular weight is 384 g/mol. The van der Waals surface area contributed by atoms with E-state index in [9.17, 15) is 9.59 Å². The van der Waals surface area contributed by atoms with Crippen LogP contribution >= 0.6 is 11.6 Å². The lowest BCUT2D eigenvalue weighted by Crippen LogP contribution is -2.39. The van der Waals surface area contributed by atoms with Crippen LogP contribution in [0.25, 0.3) is 5.57 Å². The third-order valence-electron chi connectivity index (χ3n) is 4.67. The quantitative estimate of drug-likeness (QED) is 0.824. The second-order valence-corrected chi connectivity index (χ2v) is 6.94. The molecule has 1 aliphatic heterocycles. The number of amides is 3. The van der Waals surface area contributed by atoms with Crippen molar-refractivity contribution in [3.05, 3.63) is 76.8 Å². The lowest BCUT2D eigenvalue weighted by molar-refractivity contribution is -0.131. The normalized spacial score (nSPS) is 15.0. The van der Waals surface area contributed by atoms with Crippen LogP contribution in [0, 0.1) is 0 Å². The summed E-state index contributed by atoms with van der Waals surface area (Å²) in [5.41, 5.74) is 8.53. The molecule has 5 nitrogen and oxygen atoms in total. The van der Waals surface area contributed by atoms with Gasteiger partial charge < -0.3 is 16.0 Å². The van der Waals surface area contributed by atoms with E-state index in [1.807, 2.05) is 18.2 Å². The molecule has 0 bridgehead atoms. The molecule has 6 heteroatoms. The summed E-state index contributed by atoms with van der Waals surface area (Å²) in [6, 6.07) is 16.1. The molecule has 3 N–H and O–H groups in total. The summed E-state index contributed by atoms with van der Waals surface area (Å²) in [4.78, 5) is 25.9. The predicted octanol–water partition coefficient (Wildman–Crippen LogP) is 3.76. The second-order valence-electron chi connectivity index (χ2n) is 6.50. The molecule has 2 aromatic carbocycles. The molecule has 0 saturated carbocycles. The third kappa shape index (κ3) is 5.11. The van der Waals surface area contributed by atoms with Crippen molar-refractivity contribution in [1.82, 2.24) is 10.2 Å². The first kappa shape index (κ1) is 19.0. The minimum atomic E-state index is -0.660. The fourth-order valence-corrected chi connectivity index (χ4v) is 3.36. The Bertz CT molecular complexity index is 834. The summed E-state index contributed by atoms with van der Waals surface area (Å²) < 4.78 is 0. The van der Waals surface area contributed by atoms with Crippen molar-refractivity contribution in [2.24, 2.45) is 5.73 Å². The first-order valence-corrected chi connectivity index (χ1v) is 9.24. The third-order valence-corrected chi connectivity index (χ3v) is 4.93. The van der Waals surface area contributed by atoms with Crippen LogP contribution in [0.15, 0.2) is 60.7 Å². The number of nitrogens with one attached hydrogen (secondary N) is 1. The van der Waals surface area contributed by atoms with Crippen LogP contribution in [-0.4, -0.2) is 29.9 Å². The Morgan fingerprint density at radius 3 is 2.41 bits per heavy atom. The van der Waals surface area contributed by atoms with Gasteiger partial charge in [-0.3, -0.25) is 4.79 Å². The number of nitrogens with zero attached hydrogens (tertiary/aromatic N) is 1. The zero-order chi connectivity index (χ0) is 19.2. The van der Waals surface area contributed by atoms with Crippen molar-refractivity contribution >= 4 is 29.1 Å². The van der Waals surface area contributed by atoms with Gasteiger partial charge in [0.05, 0.1) is 12.5 Å². The average Bonchev–Trinajstić information content (AvgIpc) is 2.68. The van der Waals surface area contributed by atoms with Gasteiger partial charge in [-0.1, -0.05) is 60.1 Å². The number of benzene rings is 2. The number of hydrogen-bond donors (Lipinski definition) is 2. The summed E-state index contributed by atoms with van der Waals surface area (Å²) in [6.45, 7) is 1.22. The summed E-state index contributed by atoms with van der Waals surface area (Å²) in [5.74, 6) is -0.0212. The first-order valence-electron chi connectivity index (χ1n) is 8.86. The van der Waals surface area contributed by atoms with Crippen molar-refractivity contribution in [2.45, 2.75) is 18.9 Å². The molecule has 1 atom stereocenters. The van der Waals surface area contributed by atoms with Gasteiger partial charge in [0.2, 0.25) is 5.91 Å². The zero-order valence-corrected chi connectivity index (χ0v) is 15.7. The highest BCUT2D eigenvalue weighted by molar-refractivity contribution is 6.30. The monoisotopic (exact) mass is 383 g/mol. The number of carbonyl (C=O) groups is 2. The lowest BCUT2D eigenvalue weighted by Gasteiger charge is -2.28. The van der Waals surface area contributed by atoms with E-state index in [4.69, 9.17) is 17.3 Å². The van der Waals surface area contributed by atoms with Crippen molar-refractivity contribution in [3.63, 3.8) is 0 Å². The molecule has 140 valence electrons. The maximum absolute atomic E-state index is 12.8. The van der Waals surface area contributed by atoms with Crippen LogP contribution in [0.4, 0.5) is 4.79 Å². The molecule has 27 heavy (non-hydrogen) atoms. The van der Waals surface area contributed by atoms with E-state index in [2.05, 4.69) is 23.5 Å². The first-order chi connectivity index (χ1) is 13.0. The molecule has 1 heterocycles. The Kier molecular flexibility index (Phi) is 6.14. The second kappa shape index (κ2) is 8.73. The van der Waals surface area contributed by atoms with Crippen LogP contribution in [0.1, 0.15) is 30.0 Å². The Labute approximate surface area is 163 Å². The Morgan fingerprint density at radius 1 is 1.11 bits per heavy atom. The number of primary amides is 1. The van der Waals surface area contributed by atoms with Gasteiger partial charge in [-0.05, 0) is 35.3 Å². The van der Waals surface area contributed by atoms with Gasteiger partial charge in [0, 0.05) is 18.1 Å². The molecule has 0 aromatic heterocycles. The molecular weight excluding hydrogens is 362 g/mol. The highest BCUT2D eigenvalue weighted by Gasteiger charge is 2.23. The van der Waals surface area contributed by atoms with E-state index in [1.165, 1.54) is 11.1 Å². The Balaban J connectivity index is 1.66. The van der Waals surface area contributed by atoms with E-state index in [1.54, 1.807) is 29.2 Å². The summed E-state index contributed by atoms with van der Waals surface area (Å²) >= 11 is 5.92. The van der Waals surface area contributed by atoms with E-state index < -0.39 is 12.1 Å². The van der Waals surface area contributed by atoms with Gasteiger partial charge in [-0.2, -0.15) is 0 Å². The zero-order valence-electron chi connectivity index (χ0n) is 14.9. The largest absolute Gasteiger partial charge is 0.352 e. The maximum atomic E-state index is 12.8. The number of carbonyl (C=O) groups excluding carboxylic acids is 2. The Hall–Kier alpha value is -2.79. The van der Waals surface area contributed by atoms with Crippen LogP contribution in [0.2, 0.25) is 5.02 Å². The van der Waals surface area contributed by atoms with Gasteiger partial charge in [0.1, 0.15) is 0 Å². The van der Waals surface area contributed by atoms with Crippen molar-refractivity contribution < 1.29 is 9.59 Å². The highest BCUT2D eigenvalue weighted by atomic mass is 35.5. The minimum Gasteiger partial charge on any atom is -0.352 e. The standard InChI is InChI=1S/C21H22ClN3O2/c22-18-8-6-17(7-9-18)19(24-21(23)27)14-20(26)25-12-10-16(11-13-25)15-4-2-1-3-5-15/h1-10,19H,11-14H2,(H3,23,24,27)/t19-/m0/s1. The maximum Gasteiger partial charge on any atom is 0.312 e. The van der Waals surface area contributed by atoms with Crippen molar-refractivity contribution in [1.29, 1.82) is 0 Å². The molecule has 3 amide bonds. The van der Waals surface area contributed by atoms with E-state index in [0.29, 0.717) is 18.1 Å². The Morgan fingerprint density at radius 2 is 1.81 bits per heavy atom. The molecule has 2 aromatic rings. The topological polar surface area (TPSA) is 75.4 Å². The molecule has 0 aliphatic carbocycles. The smallest absolute Gasteiger partial charge is 0.312 e. The van der Waals surface area contributed by atoms with Crippen LogP contribution in [-0.2, 0) is 4.79 Å². The van der Waals surface area contributed by atoms with Crippen LogP contribution in [0.3, 0.4) is 0 Å². The van der Waals surface area contributed by atoms with Crippen molar-refractivity contribution in [3.8, 4) is 0 Å². The van der Waals surface area contributed by atoms with Crippen LogP contribution < -0.4 is 11.1 Å². The van der Waals surface area contributed by atoms with E-state index in [-0.39, 0.29) is 12.3 Å². The molecule has 0 unspecified atom stereocenters. The van der Waals surface area contributed by atoms with Gasteiger partial charge in [0.15, 0.2) is 0 Å². The van der Waals surface area contributed by atoms with Gasteiger partial charge in [0.25, 0.3) is 0 Å². The molecule has 1 aliphatic rings. The number of halogens is 1. The number of urea groups is 1. The molecule has 0 fully saturated rings. The molecule has 3 rings (SSSR count). The number of rotatable bonds is 5. The molecular formula is C21H22ClN3O2.